The van der Waals surface area contributed by atoms with E-state index in [4.69, 9.17) is 4.74 Å². The van der Waals surface area contributed by atoms with Crippen LogP contribution in [0.1, 0.15) is 22.3 Å². The third-order valence-corrected chi connectivity index (χ3v) is 6.63. The van der Waals surface area contributed by atoms with E-state index in [1.54, 1.807) is 19.2 Å². The topological polar surface area (TPSA) is 107 Å². The average Bonchev–Trinajstić information content (AvgIpc) is 3.24. The summed E-state index contributed by atoms with van der Waals surface area (Å²) in [7, 11) is 1.68. The van der Waals surface area contributed by atoms with Crippen LogP contribution in [-0.2, 0) is 25.9 Å². The lowest BCUT2D eigenvalue weighted by Crippen LogP contribution is -2.32. The molecule has 4 rings (SSSR count). The lowest BCUT2D eigenvalue weighted by molar-refractivity contribution is 0.138. The molecule has 1 aromatic heterocycles. The van der Waals surface area contributed by atoms with E-state index < -0.39 is 6.23 Å². The summed E-state index contributed by atoms with van der Waals surface area (Å²) in [5.41, 5.74) is 4.75. The number of phenols is 1. The van der Waals surface area contributed by atoms with Crippen LogP contribution < -0.4 is 20.2 Å². The maximum Gasteiger partial charge on any atom is 0.305 e. The van der Waals surface area contributed by atoms with Crippen LogP contribution in [0.5, 0.6) is 11.5 Å². The number of aliphatic hydroxyl groups is 1. The van der Waals surface area contributed by atoms with Gasteiger partial charge in [-0.15, -0.1) is 34.0 Å². The van der Waals surface area contributed by atoms with E-state index in [1.165, 1.54) is 11.1 Å². The standard InChI is InChI=1S/C26H29N3O4S.2BrH/c1-33-22-8-3-2-7-20(22)16-27-15-18-6-4-5-17(13-18)11-12-28-23(31)14-19-9-10-21(30)24-25(19)34-26(32)29-24;;/h2-10,13,23,27-28,30-31H,11-12,14-16H2,1H3,(H,29,32);2*1H. The van der Waals surface area contributed by atoms with E-state index >= 15 is 0 Å². The molecule has 5 N–H and O–H groups in total. The number of aromatic amines is 1. The Morgan fingerprint density at radius 3 is 2.58 bits per heavy atom. The van der Waals surface area contributed by atoms with Gasteiger partial charge in [-0.25, -0.2) is 0 Å². The summed E-state index contributed by atoms with van der Waals surface area (Å²) in [6.45, 7) is 2.09. The summed E-state index contributed by atoms with van der Waals surface area (Å²) in [6, 6.07) is 19.7. The molecule has 0 aliphatic carbocycles. The summed E-state index contributed by atoms with van der Waals surface area (Å²) in [5, 5.41) is 27.0. The van der Waals surface area contributed by atoms with Crippen LogP contribution in [0.3, 0.4) is 0 Å². The highest BCUT2D eigenvalue weighted by molar-refractivity contribution is 8.93. The fourth-order valence-corrected chi connectivity index (χ4v) is 4.86. The SMILES string of the molecule is Br.Br.COc1ccccc1CNCc1cccc(CCNC(O)Cc2ccc(O)c3[nH]c(=O)sc23)c1. The fraction of sp³-hybridized carbons (Fsp3) is 0.269. The lowest BCUT2D eigenvalue weighted by atomic mass is 10.1. The van der Waals surface area contributed by atoms with E-state index in [1.807, 2.05) is 24.3 Å². The number of benzene rings is 3. The van der Waals surface area contributed by atoms with Gasteiger partial charge in [-0.3, -0.25) is 10.1 Å². The summed E-state index contributed by atoms with van der Waals surface area (Å²) in [4.78, 5) is 14.1. The second kappa shape index (κ2) is 14.5. The molecule has 0 aliphatic heterocycles. The van der Waals surface area contributed by atoms with Crippen molar-refractivity contribution in [2.24, 2.45) is 0 Å². The molecule has 0 bridgehead atoms. The first kappa shape index (κ1) is 30.0. The van der Waals surface area contributed by atoms with Crippen molar-refractivity contribution in [3.8, 4) is 11.5 Å². The second-order valence-electron chi connectivity index (χ2n) is 8.12. The Morgan fingerprint density at radius 2 is 1.78 bits per heavy atom. The van der Waals surface area contributed by atoms with Crippen molar-refractivity contribution in [1.82, 2.24) is 15.6 Å². The van der Waals surface area contributed by atoms with Crippen LogP contribution in [0.25, 0.3) is 10.2 Å². The number of H-pyrrole nitrogens is 1. The smallest absolute Gasteiger partial charge is 0.305 e. The van der Waals surface area contributed by atoms with Crippen molar-refractivity contribution in [2.75, 3.05) is 13.7 Å². The predicted molar refractivity (Wildman–Crippen MR) is 156 cm³/mol. The zero-order valence-corrected chi connectivity index (χ0v) is 24.1. The molecule has 3 aromatic carbocycles. The number of fused-ring (bicyclic) bond motifs is 1. The number of methoxy groups -OCH3 is 1. The fourth-order valence-electron chi connectivity index (χ4n) is 3.98. The van der Waals surface area contributed by atoms with Gasteiger partial charge in [0.15, 0.2) is 0 Å². The van der Waals surface area contributed by atoms with Crippen LogP contribution >= 0.6 is 45.3 Å². The number of aliphatic hydroxyl groups excluding tert-OH is 1. The van der Waals surface area contributed by atoms with Crippen LogP contribution in [0, 0.1) is 0 Å². The molecule has 0 amide bonds. The summed E-state index contributed by atoms with van der Waals surface area (Å²) in [6.07, 6.45) is 0.368. The molecule has 0 saturated heterocycles. The number of aromatic hydroxyl groups is 1. The maximum atomic E-state index is 11.7. The first-order valence-corrected chi connectivity index (χ1v) is 12.0. The first-order chi connectivity index (χ1) is 16.5. The molecule has 1 heterocycles. The Bertz CT molecular complexity index is 1310. The molecular formula is C26H31Br2N3O4S. The molecule has 0 spiro atoms. The third-order valence-electron chi connectivity index (χ3n) is 5.67. The Hall–Kier alpha value is -2.21. The van der Waals surface area contributed by atoms with Gasteiger partial charge in [-0.2, -0.15) is 0 Å². The van der Waals surface area contributed by atoms with Gasteiger partial charge < -0.3 is 25.3 Å². The number of nitrogens with one attached hydrogen (secondary N) is 3. The molecule has 7 nitrogen and oxygen atoms in total. The van der Waals surface area contributed by atoms with Crippen LogP contribution in [0.4, 0.5) is 0 Å². The second-order valence-corrected chi connectivity index (χ2v) is 9.11. The Balaban J connectivity index is 0.00000228. The minimum atomic E-state index is -0.754. The van der Waals surface area contributed by atoms with Gasteiger partial charge in [0.25, 0.3) is 0 Å². The largest absolute Gasteiger partial charge is 0.506 e. The molecule has 194 valence electrons. The van der Waals surface area contributed by atoms with E-state index in [0.717, 1.165) is 47.7 Å². The number of ether oxygens (including phenoxy) is 1. The van der Waals surface area contributed by atoms with E-state index in [9.17, 15) is 15.0 Å². The number of halogens is 2. The Labute approximate surface area is 235 Å². The number of aromatic nitrogens is 1. The monoisotopic (exact) mass is 639 g/mol. The summed E-state index contributed by atoms with van der Waals surface area (Å²) < 4.78 is 6.08. The van der Waals surface area contributed by atoms with Crippen molar-refractivity contribution >= 4 is 55.5 Å². The summed E-state index contributed by atoms with van der Waals surface area (Å²) >= 11 is 1.04. The Morgan fingerprint density at radius 1 is 1.00 bits per heavy atom. The molecule has 0 aliphatic rings. The van der Waals surface area contributed by atoms with Crippen LogP contribution in [0.15, 0.2) is 65.5 Å². The molecule has 0 saturated carbocycles. The first-order valence-electron chi connectivity index (χ1n) is 11.2. The van der Waals surface area contributed by atoms with Gasteiger partial charge in [0.1, 0.15) is 23.2 Å². The van der Waals surface area contributed by atoms with Gasteiger partial charge in [0.2, 0.25) is 0 Å². The van der Waals surface area contributed by atoms with E-state index in [2.05, 4.69) is 39.9 Å². The predicted octanol–water partition coefficient (Wildman–Crippen LogP) is 4.44. The molecule has 1 atom stereocenters. The molecule has 0 radical (unpaired) electrons. The van der Waals surface area contributed by atoms with Crippen LogP contribution in [-0.4, -0.2) is 35.1 Å². The van der Waals surface area contributed by atoms with Gasteiger partial charge in [0.05, 0.1) is 11.8 Å². The third kappa shape index (κ3) is 7.89. The molecule has 4 aromatic rings. The number of rotatable bonds is 11. The number of hydrogen-bond acceptors (Lipinski definition) is 7. The zero-order valence-electron chi connectivity index (χ0n) is 19.8. The summed E-state index contributed by atoms with van der Waals surface area (Å²) in [5.74, 6) is 0.920. The number of phenolic OH excluding ortho intramolecular Hbond substituents is 1. The van der Waals surface area contributed by atoms with Crippen molar-refractivity contribution in [3.05, 3.63) is 92.6 Å². The minimum Gasteiger partial charge on any atom is -0.506 e. The van der Waals surface area contributed by atoms with Gasteiger partial charge in [0, 0.05) is 31.6 Å². The molecule has 0 fully saturated rings. The molecule has 36 heavy (non-hydrogen) atoms. The quantitative estimate of drug-likeness (QED) is 0.155. The van der Waals surface area contributed by atoms with Gasteiger partial charge in [-0.05, 0) is 35.2 Å². The van der Waals surface area contributed by atoms with E-state index in [0.29, 0.717) is 23.2 Å². The van der Waals surface area contributed by atoms with Crippen LogP contribution in [0.2, 0.25) is 0 Å². The highest BCUT2D eigenvalue weighted by Crippen LogP contribution is 2.28. The minimum absolute atomic E-state index is 0. The lowest BCUT2D eigenvalue weighted by Gasteiger charge is -2.14. The maximum absolute atomic E-state index is 11.7. The molecular weight excluding hydrogens is 610 g/mol. The number of thiazole rings is 1. The zero-order chi connectivity index (χ0) is 23.9. The number of hydrogen-bond donors (Lipinski definition) is 5. The van der Waals surface area contributed by atoms with E-state index in [-0.39, 0.29) is 44.6 Å². The normalized spacial score (nSPS) is 11.5. The molecule has 1 unspecified atom stereocenters. The molecule has 10 heteroatoms. The highest BCUT2D eigenvalue weighted by atomic mass is 79.9. The van der Waals surface area contributed by atoms with Crippen molar-refractivity contribution < 1.29 is 14.9 Å². The van der Waals surface area contributed by atoms with Gasteiger partial charge >= 0.3 is 4.87 Å². The Kier molecular flexibility index (Phi) is 12.1. The highest BCUT2D eigenvalue weighted by Gasteiger charge is 2.13. The van der Waals surface area contributed by atoms with Gasteiger partial charge in [-0.1, -0.05) is 59.9 Å². The average molecular weight is 641 g/mol. The van der Waals surface area contributed by atoms with Crippen molar-refractivity contribution in [2.45, 2.75) is 32.2 Å². The van der Waals surface area contributed by atoms with Crippen molar-refractivity contribution in [1.29, 1.82) is 0 Å². The number of para-hydroxylation sites is 1. The van der Waals surface area contributed by atoms with Crippen molar-refractivity contribution in [3.63, 3.8) is 0 Å².